The number of carbonyl (C=O) groups is 3. The monoisotopic (exact) mass is 502 g/mol. The van der Waals surface area contributed by atoms with Crippen molar-refractivity contribution in [2.24, 2.45) is 11.7 Å². The zero-order valence-corrected chi connectivity index (χ0v) is 22.0. The van der Waals surface area contributed by atoms with E-state index in [0.29, 0.717) is 31.6 Å². The second-order valence-electron chi connectivity index (χ2n) is 11.7. The molecule has 3 aliphatic rings. The van der Waals surface area contributed by atoms with Gasteiger partial charge in [0.25, 0.3) is 0 Å². The first-order valence-electron chi connectivity index (χ1n) is 12.6. The number of primary amides is 1. The van der Waals surface area contributed by atoms with Gasteiger partial charge in [-0.2, -0.15) is 0 Å². The zero-order valence-electron chi connectivity index (χ0n) is 22.0. The number of fused-ring (bicyclic) bond motifs is 4. The van der Waals surface area contributed by atoms with E-state index in [0.717, 1.165) is 5.56 Å². The molecule has 9 nitrogen and oxygen atoms in total. The molecule has 2 saturated heterocycles. The Hall–Kier alpha value is -2.65. The van der Waals surface area contributed by atoms with Crippen molar-refractivity contribution in [2.45, 2.75) is 102 Å². The molecule has 4 rings (SSSR count). The molecule has 2 amide bonds. The number of benzene rings is 1. The summed E-state index contributed by atoms with van der Waals surface area (Å²) in [5, 5.41) is 0. The summed E-state index contributed by atoms with van der Waals surface area (Å²) in [6, 6.07) is 7.49. The highest BCUT2D eigenvalue weighted by Gasteiger charge is 2.55. The van der Waals surface area contributed by atoms with E-state index < -0.39 is 28.9 Å². The molecule has 0 radical (unpaired) electrons. The molecule has 0 spiro atoms. The van der Waals surface area contributed by atoms with Gasteiger partial charge in [-0.25, -0.2) is 0 Å². The number of ether oxygens (including phenoxy) is 4. The van der Waals surface area contributed by atoms with E-state index in [1.807, 2.05) is 65.8 Å². The lowest BCUT2D eigenvalue weighted by atomic mass is 9.73. The molecule has 2 fully saturated rings. The van der Waals surface area contributed by atoms with Crippen molar-refractivity contribution in [3.8, 4) is 5.75 Å². The van der Waals surface area contributed by atoms with Crippen LogP contribution in [0.5, 0.6) is 5.75 Å². The number of rotatable bonds is 6. The molecular formula is C27H38N2O7. The number of hydrogen-bond acceptors (Lipinski definition) is 7. The normalized spacial score (nSPS) is 31.3. The van der Waals surface area contributed by atoms with Gasteiger partial charge in [-0.15, -0.1) is 0 Å². The number of likely N-dealkylation sites (tertiary alicyclic amines) is 1. The van der Waals surface area contributed by atoms with Crippen molar-refractivity contribution in [3.05, 3.63) is 29.8 Å². The summed E-state index contributed by atoms with van der Waals surface area (Å²) in [6.07, 6.45) is 0.921. The van der Waals surface area contributed by atoms with Gasteiger partial charge in [0.1, 0.15) is 17.3 Å². The molecule has 3 unspecified atom stereocenters. The van der Waals surface area contributed by atoms with Crippen LogP contribution in [0.3, 0.4) is 0 Å². The zero-order chi connectivity index (χ0) is 26.5. The minimum Gasteiger partial charge on any atom is -0.468 e. The second kappa shape index (κ2) is 9.34. The number of hydrogen-bond donors (Lipinski definition) is 1. The molecule has 5 atom stereocenters. The summed E-state index contributed by atoms with van der Waals surface area (Å²) in [5.74, 6) is -2.78. The molecule has 198 valence electrons. The molecule has 3 heterocycles. The van der Waals surface area contributed by atoms with E-state index in [1.54, 1.807) is 4.90 Å². The summed E-state index contributed by atoms with van der Waals surface area (Å²) in [6.45, 7) is 11.3. The quantitative estimate of drug-likeness (QED) is 0.469. The predicted octanol–water partition coefficient (Wildman–Crippen LogP) is 3.24. The Morgan fingerprint density at radius 3 is 2.47 bits per heavy atom. The first kappa shape index (κ1) is 26.4. The summed E-state index contributed by atoms with van der Waals surface area (Å²) >= 11 is 0. The van der Waals surface area contributed by atoms with Crippen LogP contribution in [0, 0.1) is 5.92 Å². The number of esters is 1. The molecule has 36 heavy (non-hydrogen) atoms. The summed E-state index contributed by atoms with van der Waals surface area (Å²) in [4.78, 5) is 40.0. The highest BCUT2D eigenvalue weighted by atomic mass is 16.7. The predicted molar refractivity (Wildman–Crippen MR) is 131 cm³/mol. The lowest BCUT2D eigenvalue weighted by Gasteiger charge is -2.53. The molecule has 2 N–H and O–H groups in total. The van der Waals surface area contributed by atoms with Crippen LogP contribution in [0.2, 0.25) is 0 Å². The highest BCUT2D eigenvalue weighted by molar-refractivity contribution is 6.01. The number of carbonyl (C=O) groups excluding carboxylic acids is 3. The van der Waals surface area contributed by atoms with E-state index in [2.05, 4.69) is 0 Å². The van der Waals surface area contributed by atoms with Crippen LogP contribution >= 0.6 is 0 Å². The summed E-state index contributed by atoms with van der Waals surface area (Å²) in [7, 11) is 0. The van der Waals surface area contributed by atoms with Crippen LogP contribution in [0.15, 0.2) is 24.3 Å². The van der Waals surface area contributed by atoms with E-state index in [4.69, 9.17) is 24.7 Å². The Morgan fingerprint density at radius 2 is 1.81 bits per heavy atom. The lowest BCUT2D eigenvalue weighted by Crippen LogP contribution is -2.65. The van der Waals surface area contributed by atoms with Crippen molar-refractivity contribution >= 4 is 17.8 Å². The fourth-order valence-electron chi connectivity index (χ4n) is 5.74. The van der Waals surface area contributed by atoms with Crippen molar-refractivity contribution in [1.29, 1.82) is 0 Å². The minimum atomic E-state index is -0.949. The molecule has 1 aromatic rings. The van der Waals surface area contributed by atoms with Crippen LogP contribution in [0.1, 0.15) is 78.7 Å². The molecule has 2 bridgehead atoms. The Morgan fingerprint density at radius 1 is 1.14 bits per heavy atom. The van der Waals surface area contributed by atoms with E-state index in [-0.39, 0.29) is 36.4 Å². The number of piperidine rings is 1. The molecule has 9 heteroatoms. The third kappa shape index (κ3) is 5.52. The van der Waals surface area contributed by atoms with Crippen LogP contribution in [-0.4, -0.2) is 58.5 Å². The highest BCUT2D eigenvalue weighted by Crippen LogP contribution is 2.50. The minimum absolute atomic E-state index is 0.117. The Kier molecular flexibility index (Phi) is 6.85. The van der Waals surface area contributed by atoms with Gasteiger partial charge >= 0.3 is 5.97 Å². The largest absolute Gasteiger partial charge is 0.468 e. The maximum absolute atomic E-state index is 13.6. The van der Waals surface area contributed by atoms with Crippen LogP contribution < -0.4 is 10.5 Å². The maximum Gasteiger partial charge on any atom is 0.308 e. The van der Waals surface area contributed by atoms with Crippen molar-refractivity contribution in [3.63, 3.8) is 0 Å². The third-order valence-electron chi connectivity index (χ3n) is 6.97. The fraction of sp³-hybridized carbons (Fsp3) is 0.667. The smallest absolute Gasteiger partial charge is 0.308 e. The summed E-state index contributed by atoms with van der Waals surface area (Å²) < 4.78 is 23.9. The number of nitrogens with zero attached hydrogens (tertiary/aromatic N) is 1. The molecule has 0 saturated carbocycles. The van der Waals surface area contributed by atoms with E-state index in [1.165, 1.54) is 0 Å². The Bertz CT molecular complexity index is 1030. The van der Waals surface area contributed by atoms with Gasteiger partial charge in [0, 0.05) is 25.3 Å². The average molecular weight is 503 g/mol. The lowest BCUT2D eigenvalue weighted by molar-refractivity contribution is -0.301. The van der Waals surface area contributed by atoms with Gasteiger partial charge in [0.2, 0.25) is 11.8 Å². The molecular weight excluding hydrogens is 464 g/mol. The van der Waals surface area contributed by atoms with Gasteiger partial charge in [-0.05, 0) is 59.6 Å². The number of nitrogens with two attached hydrogens (primary N) is 1. The van der Waals surface area contributed by atoms with E-state index in [9.17, 15) is 14.4 Å². The fourth-order valence-corrected chi connectivity index (χ4v) is 5.74. The second-order valence-corrected chi connectivity index (χ2v) is 11.7. The topological polar surface area (TPSA) is 117 Å². The first-order valence-corrected chi connectivity index (χ1v) is 12.6. The van der Waals surface area contributed by atoms with Crippen LogP contribution in [0.4, 0.5) is 0 Å². The molecule has 3 aliphatic heterocycles. The van der Waals surface area contributed by atoms with Gasteiger partial charge < -0.3 is 29.6 Å². The average Bonchev–Trinajstić information content (AvgIpc) is 2.70. The van der Waals surface area contributed by atoms with Gasteiger partial charge in [0.05, 0.1) is 18.6 Å². The SMILES string of the molecule is CC(C)(C)OC(=O)C[C@H]1C[C@@H](CCN2C(=O)C(C(N)=O)C3CC2(C)Oc2ccccc23)OC(C)(C)O1. The van der Waals surface area contributed by atoms with Gasteiger partial charge in [-0.3, -0.25) is 14.4 Å². The standard InChI is InChI=1S/C27H38N2O7/c1-25(2,3)36-21(30)14-17-13-16(33-26(4,5)34-17)11-12-29-24(32)22(23(28)31)19-15-27(29,6)35-20-10-8-7-9-18(19)20/h7-10,16-17,19,22H,11-15H2,1-6H3,(H2,28,31)/t16-,17-,19?,22?,27?/m1/s1. The first-order chi connectivity index (χ1) is 16.7. The van der Waals surface area contributed by atoms with Crippen molar-refractivity contribution in [2.75, 3.05) is 6.54 Å². The van der Waals surface area contributed by atoms with Crippen molar-refractivity contribution < 1.29 is 33.3 Å². The molecule has 1 aromatic carbocycles. The molecule has 0 aliphatic carbocycles. The Balaban J connectivity index is 1.49. The van der Waals surface area contributed by atoms with Crippen LogP contribution in [0.25, 0.3) is 0 Å². The van der Waals surface area contributed by atoms with Gasteiger partial charge in [0.15, 0.2) is 11.5 Å². The van der Waals surface area contributed by atoms with Crippen molar-refractivity contribution in [1.82, 2.24) is 4.90 Å². The van der Waals surface area contributed by atoms with E-state index >= 15 is 0 Å². The number of amides is 2. The third-order valence-corrected chi connectivity index (χ3v) is 6.97. The maximum atomic E-state index is 13.6. The molecule has 0 aromatic heterocycles. The van der Waals surface area contributed by atoms with Gasteiger partial charge in [-0.1, -0.05) is 18.2 Å². The van der Waals surface area contributed by atoms with Crippen LogP contribution in [-0.2, 0) is 28.6 Å². The number of para-hydroxylation sites is 1. The Labute approximate surface area is 212 Å². The summed E-state index contributed by atoms with van der Waals surface area (Å²) in [5.41, 5.74) is 5.09.